The Kier molecular flexibility index (Phi) is 4.79. The summed E-state index contributed by atoms with van der Waals surface area (Å²) in [5.74, 6) is 0.817. The molecule has 0 fully saturated rings. The summed E-state index contributed by atoms with van der Waals surface area (Å²) >= 11 is 0. The number of hydrogen-bond acceptors (Lipinski definition) is 3. The maximum absolute atomic E-state index is 12.6. The van der Waals surface area contributed by atoms with Crippen LogP contribution in [0, 0.1) is 6.92 Å². The van der Waals surface area contributed by atoms with E-state index in [1.54, 1.807) is 6.33 Å². The number of carbonyl (C=O) groups is 1. The van der Waals surface area contributed by atoms with E-state index in [2.05, 4.69) is 39.7 Å². The van der Waals surface area contributed by atoms with Crippen LogP contribution >= 0.6 is 0 Å². The van der Waals surface area contributed by atoms with E-state index in [4.69, 9.17) is 0 Å². The van der Waals surface area contributed by atoms with Crippen molar-refractivity contribution in [3.63, 3.8) is 0 Å². The minimum Gasteiger partial charge on any atom is -0.338 e. The molecule has 1 atom stereocenters. The van der Waals surface area contributed by atoms with Gasteiger partial charge in [-0.25, -0.2) is 9.67 Å². The molecule has 1 aliphatic rings. The van der Waals surface area contributed by atoms with Crippen LogP contribution in [0.5, 0.6) is 0 Å². The van der Waals surface area contributed by atoms with E-state index in [1.165, 1.54) is 11.1 Å². The van der Waals surface area contributed by atoms with Crippen LogP contribution in [0.15, 0.2) is 43.0 Å². The highest BCUT2D eigenvalue weighted by Crippen LogP contribution is 2.35. The predicted molar refractivity (Wildman–Crippen MR) is 105 cm³/mol. The minimum atomic E-state index is 0.00476. The monoisotopic (exact) mass is 363 g/mol. The van der Waals surface area contributed by atoms with Gasteiger partial charge in [-0.2, -0.15) is 5.10 Å². The summed E-state index contributed by atoms with van der Waals surface area (Å²) in [6.07, 6.45) is 9.78. The van der Waals surface area contributed by atoms with Crippen LogP contribution < -0.4 is 5.32 Å². The molecular formula is C21H25N5O. The highest BCUT2D eigenvalue weighted by Gasteiger charge is 2.25. The van der Waals surface area contributed by atoms with Crippen molar-refractivity contribution >= 4 is 11.7 Å². The molecule has 1 amide bonds. The number of nitrogens with zero attached hydrogens (tertiary/aromatic N) is 4. The zero-order valence-corrected chi connectivity index (χ0v) is 15.9. The molecule has 4 rings (SSSR count). The fourth-order valence-corrected chi connectivity index (χ4v) is 3.88. The summed E-state index contributed by atoms with van der Waals surface area (Å²) in [5.41, 5.74) is 4.75. The van der Waals surface area contributed by atoms with Gasteiger partial charge in [-0.05, 0) is 43.7 Å². The van der Waals surface area contributed by atoms with Crippen molar-refractivity contribution in [1.29, 1.82) is 0 Å². The van der Waals surface area contributed by atoms with Gasteiger partial charge < -0.3 is 9.88 Å². The zero-order valence-electron chi connectivity index (χ0n) is 15.9. The lowest BCUT2D eigenvalue weighted by Gasteiger charge is -2.27. The van der Waals surface area contributed by atoms with E-state index < -0.39 is 0 Å². The molecule has 0 aliphatic heterocycles. The van der Waals surface area contributed by atoms with Crippen LogP contribution in [-0.2, 0) is 24.7 Å². The lowest BCUT2D eigenvalue weighted by molar-refractivity contribution is -0.116. The number of aromatic nitrogens is 4. The number of anilines is 1. The van der Waals surface area contributed by atoms with E-state index in [9.17, 15) is 4.79 Å². The third-order valence-corrected chi connectivity index (χ3v) is 5.39. The molecule has 0 saturated heterocycles. The normalized spacial score (nSPS) is 16.1. The first-order valence-corrected chi connectivity index (χ1v) is 9.50. The number of carbonyl (C=O) groups excluding carboxylic acids is 1. The molecular weight excluding hydrogens is 338 g/mol. The minimum absolute atomic E-state index is 0.00476. The number of nitrogens with one attached hydrogen (secondary N) is 1. The molecule has 1 N–H and O–H groups in total. The van der Waals surface area contributed by atoms with Gasteiger partial charge in [-0.3, -0.25) is 4.79 Å². The second-order valence-corrected chi connectivity index (χ2v) is 7.27. The number of aryl methyl sites for hydroxylation is 4. The van der Waals surface area contributed by atoms with Crippen molar-refractivity contribution in [3.8, 4) is 0 Å². The molecule has 3 aromatic rings. The standard InChI is InChI=1S/C21H25N5O/c1-15-12-23-26(19-9-5-7-16-6-3-4-8-18(16)19)21(15)24-20(27)11-10-17-13-22-14-25(17)2/h3-4,6,8,12-14,19H,5,7,9-11H2,1-2H3,(H,24,27). The van der Waals surface area contributed by atoms with Gasteiger partial charge in [-0.15, -0.1) is 0 Å². The highest BCUT2D eigenvalue weighted by molar-refractivity contribution is 5.90. The maximum atomic E-state index is 12.6. The second kappa shape index (κ2) is 7.39. The number of benzene rings is 1. The molecule has 1 aromatic carbocycles. The van der Waals surface area contributed by atoms with Crippen LogP contribution in [0.4, 0.5) is 5.82 Å². The average molecular weight is 363 g/mol. The molecule has 0 saturated carbocycles. The van der Waals surface area contributed by atoms with Crippen molar-refractivity contribution < 1.29 is 4.79 Å². The number of imidazole rings is 1. The lowest BCUT2D eigenvalue weighted by Crippen LogP contribution is -2.23. The van der Waals surface area contributed by atoms with Gasteiger partial charge in [0.15, 0.2) is 0 Å². The molecule has 2 aromatic heterocycles. The van der Waals surface area contributed by atoms with E-state index in [1.807, 2.05) is 35.6 Å². The summed E-state index contributed by atoms with van der Waals surface area (Å²) in [6.45, 7) is 2.00. The molecule has 2 heterocycles. The summed E-state index contributed by atoms with van der Waals surface area (Å²) in [5, 5.41) is 7.70. The molecule has 1 aliphatic carbocycles. The van der Waals surface area contributed by atoms with Crippen molar-refractivity contribution in [1.82, 2.24) is 19.3 Å². The third kappa shape index (κ3) is 3.52. The molecule has 6 heteroatoms. The van der Waals surface area contributed by atoms with Crippen LogP contribution in [0.25, 0.3) is 0 Å². The predicted octanol–water partition coefficient (Wildman–Crippen LogP) is 3.42. The van der Waals surface area contributed by atoms with Gasteiger partial charge in [0, 0.05) is 30.9 Å². The molecule has 1 unspecified atom stereocenters. The molecule has 27 heavy (non-hydrogen) atoms. The van der Waals surface area contributed by atoms with Crippen molar-refractivity contribution in [2.45, 2.75) is 45.1 Å². The van der Waals surface area contributed by atoms with E-state index in [0.29, 0.717) is 12.8 Å². The zero-order chi connectivity index (χ0) is 18.8. The SMILES string of the molecule is Cc1cnn(C2CCCc3ccccc32)c1NC(=O)CCc1cncn1C. The highest BCUT2D eigenvalue weighted by atomic mass is 16.1. The maximum Gasteiger partial charge on any atom is 0.225 e. The Labute approximate surface area is 159 Å². The first-order chi connectivity index (χ1) is 13.1. The molecule has 0 spiro atoms. The topological polar surface area (TPSA) is 64.7 Å². The summed E-state index contributed by atoms with van der Waals surface area (Å²) < 4.78 is 3.94. The van der Waals surface area contributed by atoms with E-state index >= 15 is 0 Å². The van der Waals surface area contributed by atoms with E-state index in [-0.39, 0.29) is 11.9 Å². The molecule has 0 bridgehead atoms. The second-order valence-electron chi connectivity index (χ2n) is 7.27. The number of hydrogen-bond donors (Lipinski definition) is 1. The van der Waals surface area contributed by atoms with Gasteiger partial charge in [0.05, 0.1) is 18.6 Å². The largest absolute Gasteiger partial charge is 0.338 e. The Morgan fingerprint density at radius 3 is 2.96 bits per heavy atom. The molecule has 140 valence electrons. The summed E-state index contributed by atoms with van der Waals surface area (Å²) in [4.78, 5) is 16.7. The summed E-state index contributed by atoms with van der Waals surface area (Å²) in [7, 11) is 1.94. The number of amides is 1. The quantitative estimate of drug-likeness (QED) is 0.755. The number of fused-ring (bicyclic) bond motifs is 1. The van der Waals surface area contributed by atoms with Crippen LogP contribution in [0.3, 0.4) is 0 Å². The number of rotatable bonds is 5. The van der Waals surface area contributed by atoms with Gasteiger partial charge in [0.25, 0.3) is 0 Å². The van der Waals surface area contributed by atoms with E-state index in [0.717, 1.165) is 36.3 Å². The Balaban J connectivity index is 1.53. The van der Waals surface area contributed by atoms with Gasteiger partial charge >= 0.3 is 0 Å². The molecule has 6 nitrogen and oxygen atoms in total. The molecule has 0 radical (unpaired) electrons. The van der Waals surface area contributed by atoms with Gasteiger partial charge in [0.2, 0.25) is 5.91 Å². The van der Waals surface area contributed by atoms with Crippen LogP contribution in [0.2, 0.25) is 0 Å². The van der Waals surface area contributed by atoms with Crippen molar-refractivity contribution in [3.05, 3.63) is 65.4 Å². The van der Waals surface area contributed by atoms with Crippen LogP contribution in [-0.4, -0.2) is 25.2 Å². The fourth-order valence-electron chi connectivity index (χ4n) is 3.88. The fraction of sp³-hybridized carbons (Fsp3) is 0.381. The lowest BCUT2D eigenvalue weighted by atomic mass is 9.88. The Hall–Kier alpha value is -2.89. The Bertz CT molecular complexity index is 955. The first-order valence-electron chi connectivity index (χ1n) is 9.50. The summed E-state index contributed by atoms with van der Waals surface area (Å²) in [6, 6.07) is 8.74. The van der Waals surface area contributed by atoms with Gasteiger partial charge in [-0.1, -0.05) is 24.3 Å². The van der Waals surface area contributed by atoms with Gasteiger partial charge in [0.1, 0.15) is 5.82 Å². The smallest absolute Gasteiger partial charge is 0.225 e. The first kappa shape index (κ1) is 17.5. The van der Waals surface area contributed by atoms with Crippen molar-refractivity contribution in [2.24, 2.45) is 7.05 Å². The Morgan fingerprint density at radius 1 is 1.30 bits per heavy atom. The van der Waals surface area contributed by atoms with Crippen molar-refractivity contribution in [2.75, 3.05) is 5.32 Å². The average Bonchev–Trinajstić information content (AvgIpc) is 3.25. The Morgan fingerprint density at radius 2 is 2.15 bits per heavy atom. The van der Waals surface area contributed by atoms with Crippen LogP contribution in [0.1, 0.15) is 47.7 Å². The third-order valence-electron chi connectivity index (χ3n) is 5.39.